The molecule has 178 valence electrons. The SMILES string of the molecule is CC(OCCOCc1c2ccccc2cc2ccccc12)Oc1ccc(C(C)C(C)(C)C)cc1. The molecule has 0 saturated carbocycles. The molecule has 4 aromatic rings. The maximum atomic E-state index is 6.03. The highest BCUT2D eigenvalue weighted by Gasteiger charge is 2.21. The lowest BCUT2D eigenvalue weighted by Crippen LogP contribution is -2.19. The van der Waals surface area contributed by atoms with Crippen molar-refractivity contribution in [3.8, 4) is 5.75 Å². The third-order valence-electron chi connectivity index (χ3n) is 6.69. The number of hydrogen-bond donors (Lipinski definition) is 0. The zero-order valence-corrected chi connectivity index (χ0v) is 21.0. The minimum Gasteiger partial charge on any atom is -0.465 e. The predicted octanol–water partition coefficient (Wildman–Crippen LogP) is 8.10. The number of benzene rings is 4. The van der Waals surface area contributed by atoms with E-state index < -0.39 is 0 Å². The van der Waals surface area contributed by atoms with E-state index in [9.17, 15) is 0 Å². The first-order valence-electron chi connectivity index (χ1n) is 12.2. The van der Waals surface area contributed by atoms with Crippen LogP contribution in [0, 0.1) is 5.41 Å². The van der Waals surface area contributed by atoms with Gasteiger partial charge in [0.25, 0.3) is 0 Å². The van der Waals surface area contributed by atoms with Gasteiger partial charge in [-0.25, -0.2) is 0 Å². The van der Waals surface area contributed by atoms with Crippen molar-refractivity contribution < 1.29 is 14.2 Å². The van der Waals surface area contributed by atoms with Gasteiger partial charge in [0.1, 0.15) is 5.75 Å². The van der Waals surface area contributed by atoms with Gasteiger partial charge in [0, 0.05) is 0 Å². The molecule has 0 heterocycles. The molecule has 0 fully saturated rings. The lowest BCUT2D eigenvalue weighted by atomic mass is 9.78. The summed E-state index contributed by atoms with van der Waals surface area (Å²) >= 11 is 0. The molecular formula is C31H36O3. The molecule has 34 heavy (non-hydrogen) atoms. The number of ether oxygens (including phenoxy) is 3. The average Bonchev–Trinajstić information content (AvgIpc) is 2.82. The monoisotopic (exact) mass is 456 g/mol. The zero-order valence-electron chi connectivity index (χ0n) is 21.0. The fraction of sp³-hybridized carbons (Fsp3) is 0.355. The van der Waals surface area contributed by atoms with Crippen LogP contribution < -0.4 is 4.74 Å². The Kier molecular flexibility index (Phi) is 7.55. The van der Waals surface area contributed by atoms with Gasteiger partial charge < -0.3 is 14.2 Å². The zero-order chi connectivity index (χ0) is 24.1. The molecule has 0 radical (unpaired) electrons. The fourth-order valence-corrected chi connectivity index (χ4v) is 4.27. The largest absolute Gasteiger partial charge is 0.465 e. The third kappa shape index (κ3) is 5.78. The van der Waals surface area contributed by atoms with Gasteiger partial charge in [-0.15, -0.1) is 0 Å². The summed E-state index contributed by atoms with van der Waals surface area (Å²) in [6.07, 6.45) is -0.340. The van der Waals surface area contributed by atoms with Crippen molar-refractivity contribution in [3.63, 3.8) is 0 Å². The van der Waals surface area contributed by atoms with Crippen molar-refractivity contribution in [2.75, 3.05) is 13.2 Å². The number of fused-ring (bicyclic) bond motifs is 2. The summed E-state index contributed by atoms with van der Waals surface area (Å²) in [5, 5.41) is 4.95. The predicted molar refractivity (Wildman–Crippen MR) is 141 cm³/mol. The first-order chi connectivity index (χ1) is 16.3. The summed E-state index contributed by atoms with van der Waals surface area (Å²) in [6.45, 7) is 12.5. The van der Waals surface area contributed by atoms with Crippen LogP contribution in [0.2, 0.25) is 0 Å². The molecule has 0 saturated heterocycles. The van der Waals surface area contributed by atoms with Crippen molar-refractivity contribution in [1.29, 1.82) is 0 Å². The summed E-state index contributed by atoms with van der Waals surface area (Å²) in [6, 6.07) is 27.6. The molecular weight excluding hydrogens is 420 g/mol. The fourth-order valence-electron chi connectivity index (χ4n) is 4.27. The highest BCUT2D eigenvalue weighted by molar-refractivity contribution is 6.02. The topological polar surface area (TPSA) is 27.7 Å². The Bertz CT molecular complexity index is 1170. The molecule has 0 spiro atoms. The van der Waals surface area contributed by atoms with Gasteiger partial charge in [0.15, 0.2) is 6.29 Å². The van der Waals surface area contributed by atoms with E-state index >= 15 is 0 Å². The summed E-state index contributed by atoms with van der Waals surface area (Å²) in [7, 11) is 0. The maximum absolute atomic E-state index is 6.03. The van der Waals surface area contributed by atoms with E-state index in [-0.39, 0.29) is 11.7 Å². The Morgan fingerprint density at radius 3 is 1.91 bits per heavy atom. The molecule has 0 bridgehead atoms. The van der Waals surface area contributed by atoms with E-state index in [1.54, 1.807) is 0 Å². The van der Waals surface area contributed by atoms with Crippen LogP contribution in [0.3, 0.4) is 0 Å². The molecule has 3 heteroatoms. The van der Waals surface area contributed by atoms with Crippen LogP contribution in [-0.4, -0.2) is 19.5 Å². The van der Waals surface area contributed by atoms with Gasteiger partial charge in [-0.2, -0.15) is 0 Å². The van der Waals surface area contributed by atoms with Gasteiger partial charge in [-0.3, -0.25) is 0 Å². The second kappa shape index (κ2) is 10.6. The summed E-state index contributed by atoms with van der Waals surface area (Å²) in [5.41, 5.74) is 2.78. The maximum Gasteiger partial charge on any atom is 0.197 e. The normalized spacial score (nSPS) is 13.8. The van der Waals surface area contributed by atoms with Gasteiger partial charge in [0.05, 0.1) is 19.8 Å². The Balaban J connectivity index is 1.28. The van der Waals surface area contributed by atoms with Crippen molar-refractivity contribution in [1.82, 2.24) is 0 Å². The summed E-state index contributed by atoms with van der Waals surface area (Å²) in [5.74, 6) is 1.30. The van der Waals surface area contributed by atoms with Gasteiger partial charge in [-0.05, 0) is 69.1 Å². The van der Waals surface area contributed by atoms with Crippen LogP contribution in [-0.2, 0) is 16.1 Å². The minimum atomic E-state index is -0.340. The van der Waals surface area contributed by atoms with E-state index in [2.05, 4.69) is 94.4 Å². The van der Waals surface area contributed by atoms with E-state index in [1.807, 2.05) is 19.1 Å². The molecule has 4 rings (SSSR count). The first kappa shape index (κ1) is 24.3. The van der Waals surface area contributed by atoms with Crippen LogP contribution in [0.5, 0.6) is 5.75 Å². The lowest BCUT2D eigenvalue weighted by Gasteiger charge is -2.27. The van der Waals surface area contributed by atoms with E-state index in [0.717, 1.165) is 5.75 Å². The molecule has 0 N–H and O–H groups in total. The molecule has 0 aliphatic carbocycles. The van der Waals surface area contributed by atoms with Gasteiger partial charge in [0.2, 0.25) is 0 Å². The molecule has 2 atom stereocenters. The molecule has 0 aromatic heterocycles. The molecule has 0 aliphatic rings. The average molecular weight is 457 g/mol. The standard InChI is InChI=1S/C31H36O3/c1-22(31(3,4)5)24-14-16-27(17-15-24)34-23(2)33-19-18-32-21-30-28-12-8-6-10-25(28)20-26-11-7-9-13-29(26)30/h6-17,20,22-23H,18-19,21H2,1-5H3. The van der Waals surface area contributed by atoms with Crippen LogP contribution in [0.25, 0.3) is 21.5 Å². The van der Waals surface area contributed by atoms with Crippen LogP contribution in [0.4, 0.5) is 0 Å². The molecule has 0 amide bonds. The van der Waals surface area contributed by atoms with Crippen molar-refractivity contribution >= 4 is 21.5 Å². The minimum absolute atomic E-state index is 0.233. The lowest BCUT2D eigenvalue weighted by molar-refractivity contribution is -0.0847. The first-order valence-corrected chi connectivity index (χ1v) is 12.2. The number of hydrogen-bond acceptors (Lipinski definition) is 3. The van der Waals surface area contributed by atoms with E-state index in [4.69, 9.17) is 14.2 Å². The summed E-state index contributed by atoms with van der Waals surface area (Å²) < 4.78 is 17.8. The molecule has 0 aliphatic heterocycles. The van der Waals surface area contributed by atoms with Gasteiger partial charge in [-0.1, -0.05) is 88.4 Å². The Morgan fingerprint density at radius 1 is 0.735 bits per heavy atom. The highest BCUT2D eigenvalue weighted by Crippen LogP contribution is 2.35. The second-order valence-electron chi connectivity index (χ2n) is 10.1. The van der Waals surface area contributed by atoms with Crippen molar-refractivity contribution in [2.45, 2.75) is 53.4 Å². The van der Waals surface area contributed by atoms with E-state index in [1.165, 1.54) is 32.7 Å². The molecule has 3 nitrogen and oxygen atoms in total. The quantitative estimate of drug-likeness (QED) is 0.145. The Hall–Kier alpha value is -2.88. The smallest absolute Gasteiger partial charge is 0.197 e. The Morgan fingerprint density at radius 2 is 1.32 bits per heavy atom. The van der Waals surface area contributed by atoms with Crippen LogP contribution in [0.15, 0.2) is 78.9 Å². The van der Waals surface area contributed by atoms with E-state index in [0.29, 0.717) is 25.7 Å². The highest BCUT2D eigenvalue weighted by atomic mass is 16.7. The molecule has 4 aromatic carbocycles. The van der Waals surface area contributed by atoms with Crippen molar-refractivity contribution in [3.05, 3.63) is 90.0 Å². The third-order valence-corrected chi connectivity index (χ3v) is 6.69. The van der Waals surface area contributed by atoms with Crippen LogP contribution >= 0.6 is 0 Å². The Labute approximate surface area is 203 Å². The van der Waals surface area contributed by atoms with Crippen molar-refractivity contribution in [2.24, 2.45) is 5.41 Å². The van der Waals surface area contributed by atoms with Gasteiger partial charge >= 0.3 is 0 Å². The van der Waals surface area contributed by atoms with Crippen LogP contribution in [0.1, 0.15) is 51.7 Å². The second-order valence-corrected chi connectivity index (χ2v) is 10.1. The molecule has 2 unspecified atom stereocenters. The summed E-state index contributed by atoms with van der Waals surface area (Å²) in [4.78, 5) is 0. The number of rotatable bonds is 9.